The van der Waals surface area contributed by atoms with E-state index in [0.717, 1.165) is 46.0 Å². The van der Waals surface area contributed by atoms with E-state index in [1.54, 1.807) is 0 Å². The Morgan fingerprint density at radius 1 is 0.539 bits per heavy atom. The van der Waals surface area contributed by atoms with Gasteiger partial charge in [-0.05, 0) is 6.42 Å². The van der Waals surface area contributed by atoms with Crippen LogP contribution in [0.3, 0.4) is 0 Å². The molecule has 0 spiro atoms. The Morgan fingerprint density at radius 2 is 1.01 bits per heavy atom. The lowest BCUT2D eigenvalue weighted by atomic mass is 9.88. The summed E-state index contributed by atoms with van der Waals surface area (Å²) < 4.78 is 58.9. The molecule has 0 saturated carbocycles. The van der Waals surface area contributed by atoms with Gasteiger partial charge in [-0.2, -0.15) is 0 Å². The number of carboxylic acid groups (broad SMARTS) is 1. The number of hydrogen-bond donors (Lipinski definition) is 21. The number of amides is 2. The summed E-state index contributed by atoms with van der Waals surface area (Å²) >= 11 is 0. The van der Waals surface area contributed by atoms with Gasteiger partial charge in [-0.1, -0.05) is 84.0 Å². The van der Waals surface area contributed by atoms with Gasteiger partial charge in [0.2, 0.25) is 11.8 Å². The van der Waals surface area contributed by atoms with Gasteiger partial charge in [0.15, 0.2) is 25.2 Å². The molecule has 29 atom stereocenters. The maximum Gasteiger partial charge on any atom is 0.364 e. The first-order chi connectivity index (χ1) is 42.2. The largest absolute Gasteiger partial charge is 0.477 e. The number of carboxylic acids is 1. The summed E-state index contributed by atoms with van der Waals surface area (Å²) in [6, 6.07) is -4.92. The van der Waals surface area contributed by atoms with Crippen LogP contribution in [-0.2, 0) is 61.8 Å². The molecule has 0 radical (unpaired) electrons. The number of nitrogens with one attached hydrogen (secondary N) is 2. The van der Waals surface area contributed by atoms with Crippen LogP contribution >= 0.6 is 0 Å². The third kappa shape index (κ3) is 20.2. The topological polar surface area (TPSA) is 558 Å². The van der Waals surface area contributed by atoms with Crippen molar-refractivity contribution in [1.29, 1.82) is 0 Å². The quantitative estimate of drug-likeness (QED) is 0.0259. The van der Waals surface area contributed by atoms with Crippen molar-refractivity contribution in [2.45, 2.75) is 288 Å². The molecule has 0 aliphatic carbocycles. The van der Waals surface area contributed by atoms with E-state index in [2.05, 4.69) is 17.6 Å². The molecule has 5 saturated heterocycles. The van der Waals surface area contributed by atoms with Gasteiger partial charge in [0.25, 0.3) is 5.79 Å². The van der Waals surface area contributed by atoms with Gasteiger partial charge in [0.05, 0.1) is 70.0 Å². The molecular weight excluding hydrogens is 1200 g/mol. The van der Waals surface area contributed by atoms with E-state index < -0.39 is 241 Å². The van der Waals surface area contributed by atoms with Crippen LogP contribution in [0.5, 0.6) is 0 Å². The van der Waals surface area contributed by atoms with E-state index in [9.17, 15) is 106 Å². The minimum Gasteiger partial charge on any atom is -0.477 e. The van der Waals surface area contributed by atoms with E-state index in [0.29, 0.717) is 6.42 Å². The van der Waals surface area contributed by atoms with Crippen LogP contribution in [0.2, 0.25) is 0 Å². The Labute approximate surface area is 514 Å². The van der Waals surface area contributed by atoms with E-state index >= 15 is 0 Å². The number of aliphatic hydroxyl groups is 17. The molecule has 5 heterocycles. The summed E-state index contributed by atoms with van der Waals surface area (Å²) in [5.74, 6) is -7.32. The molecule has 22 N–H and O–H groups in total. The lowest BCUT2D eigenvalue weighted by Crippen LogP contribution is -2.72. The zero-order valence-corrected chi connectivity index (χ0v) is 50.2. The van der Waals surface area contributed by atoms with Gasteiger partial charge in [-0.3, -0.25) is 9.59 Å². The second kappa shape index (κ2) is 36.8. The van der Waals surface area contributed by atoms with Gasteiger partial charge in [-0.25, -0.2) is 4.79 Å². The van der Waals surface area contributed by atoms with Crippen LogP contribution in [0.15, 0.2) is 0 Å². The SMILES string of the molecule is CCCCCCCCCCCCCC[C@@H](O)[C@@H](O)[C@@H](N)CO[C@@H]1O[C@H](CO)[C@@H](O[C@@H]2O[C@H](CO)[C@H](O[C@@H]3O[C@H](CO)[C@H](O)[C@H](O[C@@H]4O[C@H](CO)[C@H](O)[C@H](O)[C@H]4O)[C@H]3NC(C)=O)[C@H](O[C@]3(C(=O)O)C[C@H](O)[C@@H](NC(C)=O)[C@H]([C@@H](O)[C@H](O)CO)O3)[C@H]2O)[C@H](O)[C@H]1O. The summed E-state index contributed by atoms with van der Waals surface area (Å²) in [6.07, 6.45) is -38.5. The van der Waals surface area contributed by atoms with Gasteiger partial charge < -0.3 is 156 Å². The van der Waals surface area contributed by atoms with Crippen molar-refractivity contribution in [2.75, 3.05) is 39.6 Å². The Balaban J connectivity index is 1.41. The number of nitrogens with two attached hydrogens (primary N) is 1. The highest BCUT2D eigenvalue weighted by atomic mass is 16.8. The number of carbonyl (C=O) groups is 3. The molecule has 0 unspecified atom stereocenters. The van der Waals surface area contributed by atoms with Gasteiger partial charge >= 0.3 is 5.97 Å². The summed E-state index contributed by atoms with van der Waals surface area (Å²) in [4.78, 5) is 38.9. The van der Waals surface area contributed by atoms with Crippen molar-refractivity contribution in [3.63, 3.8) is 0 Å². The summed E-state index contributed by atoms with van der Waals surface area (Å²) in [7, 11) is 0. The second-order valence-corrected chi connectivity index (χ2v) is 23.6. The highest BCUT2D eigenvalue weighted by Gasteiger charge is 2.62. The fourth-order valence-electron chi connectivity index (χ4n) is 11.6. The van der Waals surface area contributed by atoms with Gasteiger partial charge in [0.1, 0.15) is 116 Å². The number of carbonyl (C=O) groups excluding carboxylic acids is 2. The Hall–Kier alpha value is -2.71. The molecule has 5 aliphatic rings. The molecule has 34 heteroatoms. The lowest BCUT2D eigenvalue weighted by Gasteiger charge is -2.52. The maximum absolute atomic E-state index is 13.7. The standard InChI is InChI=1S/C55H99N3O31/c1-4-5-6-7-8-9-10-11-12-13-14-15-16-27(66)36(69)26(56)23-80-51-43(76)41(74)45(32(21-62)83-51)85-53-44(77)49(89-55(54(78)79)17-28(67)34(57-24(2)64)48(88-55)37(70)29(68)18-59)46(33(22-63)84-53)86-50-35(58-25(3)65)47(39(72)31(20-61)81-50)87-52-42(75)40(73)38(71)30(19-60)82-52/h26-53,59-63,66-77H,4-23,56H2,1-3H3,(H,57,64)(H,58,65)(H,78,79)/t26-,27+,28-,29+,30+,31+,32+,33+,34+,35+,36-,37-,38-,39-,40-,41+,42+,43+,44+,45+,46-,47+,48+,49+,50-,51+,52-,53-,55-/m0/s1. The highest BCUT2D eigenvalue weighted by Crippen LogP contribution is 2.41. The monoisotopic (exact) mass is 1300 g/mol. The summed E-state index contributed by atoms with van der Waals surface area (Å²) in [5.41, 5.74) is 6.18. The zero-order valence-electron chi connectivity index (χ0n) is 50.2. The minimum absolute atomic E-state index is 0.220. The molecule has 5 aliphatic heterocycles. The lowest BCUT2D eigenvalue weighted by molar-refractivity contribution is -0.403. The molecule has 89 heavy (non-hydrogen) atoms. The number of aliphatic hydroxyl groups excluding tert-OH is 17. The first kappa shape index (κ1) is 77.0. The average molecular weight is 1300 g/mol. The molecule has 5 fully saturated rings. The average Bonchev–Trinajstić information content (AvgIpc) is 1.14. The zero-order chi connectivity index (χ0) is 66.0. The smallest absolute Gasteiger partial charge is 0.364 e. The Kier molecular flexibility index (Phi) is 31.9. The fraction of sp³-hybridized carbons (Fsp3) is 0.945. The number of aliphatic carboxylic acids is 1. The Morgan fingerprint density at radius 3 is 1.56 bits per heavy atom. The van der Waals surface area contributed by atoms with Crippen molar-refractivity contribution in [2.24, 2.45) is 5.73 Å². The molecular formula is C55H99N3O31. The van der Waals surface area contributed by atoms with Crippen molar-refractivity contribution in [3.05, 3.63) is 0 Å². The molecule has 5 rings (SSSR count). The molecule has 0 aromatic rings. The van der Waals surface area contributed by atoms with Crippen LogP contribution in [0, 0.1) is 0 Å². The highest BCUT2D eigenvalue weighted by molar-refractivity contribution is 5.76. The minimum atomic E-state index is -3.37. The molecule has 0 aromatic heterocycles. The summed E-state index contributed by atoms with van der Waals surface area (Å²) in [5, 5.41) is 201. The number of hydrogen-bond acceptors (Lipinski definition) is 31. The number of ether oxygens (including phenoxy) is 10. The first-order valence-electron chi connectivity index (χ1n) is 30.5. The molecule has 2 amide bonds. The van der Waals surface area contributed by atoms with Crippen molar-refractivity contribution < 1.29 is 154 Å². The Bertz CT molecular complexity index is 2080. The molecule has 34 nitrogen and oxygen atoms in total. The third-order valence-electron chi connectivity index (χ3n) is 16.7. The second-order valence-electron chi connectivity index (χ2n) is 23.6. The third-order valence-corrected chi connectivity index (χ3v) is 16.7. The molecule has 0 bridgehead atoms. The van der Waals surface area contributed by atoms with Crippen LogP contribution < -0.4 is 16.4 Å². The van der Waals surface area contributed by atoms with Crippen LogP contribution in [0.25, 0.3) is 0 Å². The van der Waals surface area contributed by atoms with E-state index in [1.165, 1.54) is 38.5 Å². The van der Waals surface area contributed by atoms with Gasteiger partial charge in [0, 0.05) is 20.3 Å². The number of rotatable bonds is 36. The van der Waals surface area contributed by atoms with E-state index in [1.807, 2.05) is 0 Å². The predicted molar refractivity (Wildman–Crippen MR) is 296 cm³/mol. The van der Waals surface area contributed by atoms with Crippen LogP contribution in [0.1, 0.15) is 111 Å². The first-order valence-corrected chi connectivity index (χ1v) is 30.5. The van der Waals surface area contributed by atoms with E-state index in [-0.39, 0.29) is 6.42 Å². The normalized spacial score (nSPS) is 39.5. The van der Waals surface area contributed by atoms with Crippen LogP contribution in [-0.4, -0.2) is 327 Å². The van der Waals surface area contributed by atoms with Crippen LogP contribution in [0.4, 0.5) is 0 Å². The van der Waals surface area contributed by atoms with Gasteiger partial charge in [-0.15, -0.1) is 0 Å². The summed E-state index contributed by atoms with van der Waals surface area (Å²) in [6.45, 7) is -1.98. The fourth-order valence-corrected chi connectivity index (χ4v) is 11.6. The van der Waals surface area contributed by atoms with E-state index in [4.69, 9.17) is 53.1 Å². The van der Waals surface area contributed by atoms with Crippen molar-refractivity contribution in [1.82, 2.24) is 10.6 Å². The molecule has 0 aromatic carbocycles. The maximum atomic E-state index is 13.7. The number of unbranched alkanes of at least 4 members (excludes halogenated alkanes) is 11. The predicted octanol–water partition coefficient (Wildman–Crippen LogP) is -8.27. The van der Waals surface area contributed by atoms with Crippen molar-refractivity contribution in [3.8, 4) is 0 Å². The van der Waals surface area contributed by atoms with Crippen molar-refractivity contribution >= 4 is 17.8 Å². The molecule has 520 valence electrons.